The van der Waals surface area contributed by atoms with E-state index in [1.807, 2.05) is 0 Å². The van der Waals surface area contributed by atoms with E-state index in [9.17, 15) is 4.79 Å². The lowest BCUT2D eigenvalue weighted by molar-refractivity contribution is -0.148. The minimum Gasteiger partial charge on any atom is -0.478 e. The molecule has 0 aromatic carbocycles. The van der Waals surface area contributed by atoms with Crippen LogP contribution in [-0.4, -0.2) is 24.4 Å². The highest BCUT2D eigenvalue weighted by Crippen LogP contribution is 1.74. The Morgan fingerprint density at radius 2 is 2.43 bits per heavy atom. The molecule has 1 atom stereocenters. The zero-order chi connectivity index (χ0) is 5.86. The van der Waals surface area contributed by atoms with Crippen LogP contribution in [-0.2, 0) is 9.53 Å². The van der Waals surface area contributed by atoms with Crippen LogP contribution < -0.4 is 5.73 Å². The van der Waals surface area contributed by atoms with Gasteiger partial charge in [-0.1, -0.05) is 0 Å². The van der Waals surface area contributed by atoms with Gasteiger partial charge in [-0.15, -0.1) is 0 Å². The average molecular weight is 105 g/mol. The van der Waals surface area contributed by atoms with Crippen molar-refractivity contribution < 1.29 is 14.6 Å². The topological polar surface area (TPSA) is 72.5 Å². The van der Waals surface area contributed by atoms with Crippen LogP contribution in [0.3, 0.4) is 0 Å². The second-order valence-electron chi connectivity index (χ2n) is 0.995. The first-order valence-corrected chi connectivity index (χ1v) is 1.69. The third-order valence-electron chi connectivity index (χ3n) is 0.497. The fraction of sp³-hybridized carbons (Fsp3) is 0.667. The molecule has 0 radical (unpaired) electrons. The van der Waals surface area contributed by atoms with Gasteiger partial charge in [0.25, 0.3) is 0 Å². The molecule has 0 heterocycles. The van der Waals surface area contributed by atoms with Crippen molar-refractivity contribution in [1.82, 2.24) is 0 Å². The van der Waals surface area contributed by atoms with E-state index in [0.29, 0.717) is 0 Å². The lowest BCUT2D eigenvalue weighted by atomic mass is 10.6. The zero-order valence-corrected chi connectivity index (χ0v) is 3.92. The summed E-state index contributed by atoms with van der Waals surface area (Å²) in [5.41, 5.74) is 4.79. The molecule has 4 heteroatoms. The maximum absolute atomic E-state index is 9.68. The largest absolute Gasteiger partial charge is 0.478 e. The van der Waals surface area contributed by atoms with E-state index < -0.39 is 12.2 Å². The first kappa shape index (κ1) is 6.39. The van der Waals surface area contributed by atoms with Gasteiger partial charge in [0.15, 0.2) is 0 Å². The third-order valence-corrected chi connectivity index (χ3v) is 0.497. The van der Waals surface area contributed by atoms with Crippen molar-refractivity contribution in [1.29, 1.82) is 0 Å². The van der Waals surface area contributed by atoms with Crippen molar-refractivity contribution >= 4 is 5.97 Å². The molecule has 3 N–H and O–H groups in total. The van der Waals surface area contributed by atoms with Gasteiger partial charge in [-0.25, -0.2) is 4.79 Å². The van der Waals surface area contributed by atoms with Gasteiger partial charge in [0, 0.05) is 7.11 Å². The molecule has 42 valence electrons. The predicted octanol–water partition coefficient (Wildman–Crippen LogP) is -0.998. The highest BCUT2D eigenvalue weighted by atomic mass is 16.5. The summed E-state index contributed by atoms with van der Waals surface area (Å²) in [4.78, 5) is 9.68. The van der Waals surface area contributed by atoms with Gasteiger partial charge in [-0.05, 0) is 0 Å². The number of hydrogen-bond donors (Lipinski definition) is 2. The summed E-state index contributed by atoms with van der Waals surface area (Å²) < 4.78 is 4.19. The smallest absolute Gasteiger partial charge is 0.347 e. The van der Waals surface area contributed by atoms with Crippen LogP contribution in [0.4, 0.5) is 0 Å². The van der Waals surface area contributed by atoms with Crippen molar-refractivity contribution in [2.24, 2.45) is 5.73 Å². The molecule has 0 aliphatic carbocycles. The molecule has 0 aliphatic rings. The van der Waals surface area contributed by atoms with Gasteiger partial charge in [-0.2, -0.15) is 0 Å². The predicted molar refractivity (Wildman–Crippen MR) is 22.6 cm³/mol. The number of carbonyl (C=O) groups is 1. The highest BCUT2D eigenvalue weighted by Gasteiger charge is 2.06. The molecular formula is C3H7NO3. The van der Waals surface area contributed by atoms with Crippen molar-refractivity contribution in [2.45, 2.75) is 6.23 Å². The molecule has 0 fully saturated rings. The highest BCUT2D eigenvalue weighted by molar-refractivity contribution is 5.71. The van der Waals surface area contributed by atoms with Crippen LogP contribution in [0, 0.1) is 0 Å². The summed E-state index contributed by atoms with van der Waals surface area (Å²) in [6.45, 7) is 0. The Bertz CT molecular complexity index is 72.6. The van der Waals surface area contributed by atoms with E-state index in [1.165, 1.54) is 7.11 Å². The van der Waals surface area contributed by atoms with E-state index in [1.54, 1.807) is 0 Å². The molecule has 0 aromatic heterocycles. The normalized spacial score (nSPS) is 13.4. The average Bonchev–Trinajstić information content (AvgIpc) is 1.65. The molecule has 0 aliphatic heterocycles. The Labute approximate surface area is 40.9 Å². The van der Waals surface area contributed by atoms with Crippen molar-refractivity contribution in [2.75, 3.05) is 7.11 Å². The molecule has 0 aromatic rings. The summed E-state index contributed by atoms with van der Waals surface area (Å²) in [6, 6.07) is 0. The number of hydrogen-bond acceptors (Lipinski definition) is 3. The first-order chi connectivity index (χ1) is 3.18. The molecule has 0 saturated heterocycles. The summed E-state index contributed by atoms with van der Waals surface area (Å²) in [5.74, 6) is -1.15. The number of rotatable bonds is 2. The van der Waals surface area contributed by atoms with E-state index in [2.05, 4.69) is 4.74 Å². The van der Waals surface area contributed by atoms with Gasteiger partial charge in [0.05, 0.1) is 0 Å². The summed E-state index contributed by atoms with van der Waals surface area (Å²) in [5, 5.41) is 7.93. The molecule has 7 heavy (non-hydrogen) atoms. The zero-order valence-electron chi connectivity index (χ0n) is 3.92. The van der Waals surface area contributed by atoms with Crippen LogP contribution in [0.15, 0.2) is 0 Å². The first-order valence-electron chi connectivity index (χ1n) is 1.69. The van der Waals surface area contributed by atoms with E-state index >= 15 is 0 Å². The molecule has 0 amide bonds. The Morgan fingerprint density at radius 1 is 2.00 bits per heavy atom. The molecule has 0 spiro atoms. The van der Waals surface area contributed by atoms with Gasteiger partial charge in [0.2, 0.25) is 6.23 Å². The van der Waals surface area contributed by atoms with Crippen molar-refractivity contribution in [3.63, 3.8) is 0 Å². The Hall–Kier alpha value is -0.610. The van der Waals surface area contributed by atoms with Crippen LogP contribution >= 0.6 is 0 Å². The van der Waals surface area contributed by atoms with Crippen LogP contribution in [0.2, 0.25) is 0 Å². The molecule has 0 saturated carbocycles. The van der Waals surface area contributed by atoms with Crippen LogP contribution in [0.5, 0.6) is 0 Å². The van der Waals surface area contributed by atoms with Gasteiger partial charge >= 0.3 is 5.97 Å². The SMILES string of the molecule is COC(N)C(=O)O. The summed E-state index contributed by atoms with van der Waals surface area (Å²) in [6.07, 6.45) is -1.18. The lowest BCUT2D eigenvalue weighted by Gasteiger charge is -1.99. The number of aliphatic carboxylic acids is 1. The van der Waals surface area contributed by atoms with E-state index in [-0.39, 0.29) is 0 Å². The second kappa shape index (κ2) is 2.54. The Kier molecular flexibility index (Phi) is 2.32. The molecule has 0 bridgehead atoms. The van der Waals surface area contributed by atoms with E-state index in [0.717, 1.165) is 0 Å². The molecule has 4 nitrogen and oxygen atoms in total. The van der Waals surface area contributed by atoms with Crippen LogP contribution in [0.1, 0.15) is 0 Å². The monoisotopic (exact) mass is 105 g/mol. The molecule has 0 rings (SSSR count). The fourth-order valence-corrected chi connectivity index (χ4v) is 0.101. The Morgan fingerprint density at radius 3 is 2.43 bits per heavy atom. The maximum atomic E-state index is 9.68. The minimum atomic E-state index is -1.18. The number of carboxylic acids is 1. The summed E-state index contributed by atoms with van der Waals surface area (Å²) >= 11 is 0. The van der Waals surface area contributed by atoms with Crippen molar-refractivity contribution in [3.8, 4) is 0 Å². The van der Waals surface area contributed by atoms with Gasteiger partial charge in [0.1, 0.15) is 0 Å². The number of nitrogens with two attached hydrogens (primary N) is 1. The quantitative estimate of drug-likeness (QED) is 0.442. The number of carboxylic acid groups (broad SMARTS) is 1. The Balaban J connectivity index is 3.34. The van der Waals surface area contributed by atoms with Gasteiger partial charge in [-0.3, -0.25) is 5.73 Å². The van der Waals surface area contributed by atoms with Crippen LogP contribution in [0.25, 0.3) is 0 Å². The number of ether oxygens (including phenoxy) is 1. The minimum absolute atomic E-state index is 1.15. The fourth-order valence-electron chi connectivity index (χ4n) is 0.101. The molecular weight excluding hydrogens is 98.0 g/mol. The second-order valence-corrected chi connectivity index (χ2v) is 0.995. The number of methoxy groups -OCH3 is 1. The van der Waals surface area contributed by atoms with E-state index in [4.69, 9.17) is 10.8 Å². The van der Waals surface area contributed by atoms with Gasteiger partial charge < -0.3 is 9.84 Å². The lowest BCUT2D eigenvalue weighted by Crippen LogP contribution is -2.31. The third kappa shape index (κ3) is 2.13. The van der Waals surface area contributed by atoms with Crippen molar-refractivity contribution in [3.05, 3.63) is 0 Å². The molecule has 1 unspecified atom stereocenters. The maximum Gasteiger partial charge on any atom is 0.347 e. The standard InChI is InChI=1S/C3H7NO3/c1-7-2(4)3(5)6/h2H,4H2,1H3,(H,5,6). The summed E-state index contributed by atoms with van der Waals surface area (Å²) in [7, 11) is 1.23.